The molecule has 1 atom stereocenters. The predicted octanol–water partition coefficient (Wildman–Crippen LogP) is 2.59. The smallest absolute Gasteiger partial charge is 0.161 e. The van der Waals surface area contributed by atoms with Gasteiger partial charge in [-0.2, -0.15) is 5.10 Å². The van der Waals surface area contributed by atoms with Crippen LogP contribution in [0.2, 0.25) is 0 Å². The van der Waals surface area contributed by atoms with Gasteiger partial charge in [0.05, 0.1) is 23.7 Å². The minimum atomic E-state index is 0.276. The molecule has 0 unspecified atom stereocenters. The van der Waals surface area contributed by atoms with Crippen LogP contribution in [0.5, 0.6) is 0 Å². The second-order valence-corrected chi connectivity index (χ2v) is 5.38. The van der Waals surface area contributed by atoms with Crippen molar-refractivity contribution in [1.82, 2.24) is 19.7 Å². The number of benzene rings is 1. The fraction of sp³-hybridized carbons (Fsp3) is 0.312. The molecular weight excluding hydrogens is 264 g/mol. The van der Waals surface area contributed by atoms with Crippen LogP contribution in [0.25, 0.3) is 22.6 Å². The Hall–Kier alpha value is -2.27. The minimum Gasteiger partial charge on any atom is -0.376 e. The van der Waals surface area contributed by atoms with Crippen LogP contribution < -0.4 is 0 Å². The lowest BCUT2D eigenvalue weighted by Crippen LogP contribution is -2.31. The molecular formula is C16H16N4O. The standard InChI is InChI=1S/C16H16N4O/c1-11-4-2-6-14-15(11)18-16(13-5-3-8-17-19-13)20(14)10-12-7-9-21-12/h2-6,8,12H,7,9-10H2,1H3/t12-/m0/s1. The molecule has 0 bridgehead atoms. The van der Waals surface area contributed by atoms with Gasteiger partial charge in [-0.05, 0) is 37.1 Å². The predicted molar refractivity (Wildman–Crippen MR) is 79.9 cm³/mol. The number of aromatic nitrogens is 4. The maximum atomic E-state index is 5.59. The number of fused-ring (bicyclic) bond motifs is 1. The first-order valence-electron chi connectivity index (χ1n) is 7.18. The monoisotopic (exact) mass is 280 g/mol. The van der Waals surface area contributed by atoms with Gasteiger partial charge in [0, 0.05) is 12.8 Å². The normalized spacial score (nSPS) is 17.9. The number of rotatable bonds is 3. The van der Waals surface area contributed by atoms with Gasteiger partial charge in [-0.15, -0.1) is 5.10 Å². The van der Waals surface area contributed by atoms with Crippen molar-refractivity contribution in [2.45, 2.75) is 26.0 Å². The van der Waals surface area contributed by atoms with Crippen molar-refractivity contribution in [3.63, 3.8) is 0 Å². The number of ether oxygens (including phenoxy) is 1. The molecule has 0 spiro atoms. The van der Waals surface area contributed by atoms with E-state index in [1.165, 1.54) is 5.56 Å². The zero-order valence-corrected chi connectivity index (χ0v) is 11.9. The SMILES string of the molecule is Cc1cccc2c1nc(-c1cccnn1)n2C[C@@H]1CCO1. The lowest BCUT2D eigenvalue weighted by Gasteiger charge is -2.27. The average Bonchev–Trinajstić information content (AvgIpc) is 2.84. The Balaban J connectivity index is 1.91. The van der Waals surface area contributed by atoms with E-state index >= 15 is 0 Å². The number of aryl methyl sites for hydroxylation is 1. The van der Waals surface area contributed by atoms with Crippen LogP contribution in [-0.2, 0) is 11.3 Å². The summed E-state index contributed by atoms with van der Waals surface area (Å²) >= 11 is 0. The Morgan fingerprint density at radius 1 is 1.29 bits per heavy atom. The Kier molecular flexibility index (Phi) is 2.93. The van der Waals surface area contributed by atoms with Crippen molar-refractivity contribution in [3.05, 3.63) is 42.1 Å². The summed E-state index contributed by atoms with van der Waals surface area (Å²) in [6.45, 7) is 3.75. The van der Waals surface area contributed by atoms with E-state index in [-0.39, 0.29) is 6.10 Å². The van der Waals surface area contributed by atoms with Crippen LogP contribution in [0, 0.1) is 6.92 Å². The molecule has 0 N–H and O–H groups in total. The molecule has 5 nitrogen and oxygen atoms in total. The molecule has 1 aliphatic heterocycles. The zero-order chi connectivity index (χ0) is 14.2. The summed E-state index contributed by atoms with van der Waals surface area (Å²) in [6.07, 6.45) is 3.06. The molecule has 106 valence electrons. The molecule has 1 aromatic carbocycles. The molecule has 0 radical (unpaired) electrons. The van der Waals surface area contributed by atoms with Gasteiger partial charge in [-0.3, -0.25) is 0 Å². The third-order valence-corrected chi connectivity index (χ3v) is 3.96. The van der Waals surface area contributed by atoms with Crippen molar-refractivity contribution in [3.8, 4) is 11.5 Å². The Labute approximate surface area is 122 Å². The van der Waals surface area contributed by atoms with E-state index in [1.54, 1.807) is 6.20 Å². The summed E-state index contributed by atoms with van der Waals surface area (Å²) in [6, 6.07) is 10.1. The van der Waals surface area contributed by atoms with Crippen molar-refractivity contribution < 1.29 is 4.74 Å². The van der Waals surface area contributed by atoms with Gasteiger partial charge in [-0.25, -0.2) is 4.98 Å². The third-order valence-electron chi connectivity index (χ3n) is 3.96. The summed E-state index contributed by atoms with van der Waals surface area (Å²) in [4.78, 5) is 4.80. The van der Waals surface area contributed by atoms with Gasteiger partial charge in [0.15, 0.2) is 5.82 Å². The molecule has 0 aliphatic carbocycles. The summed E-state index contributed by atoms with van der Waals surface area (Å²) in [5, 5.41) is 8.19. The number of nitrogens with zero attached hydrogens (tertiary/aromatic N) is 4. The lowest BCUT2D eigenvalue weighted by molar-refractivity contribution is -0.0584. The van der Waals surface area contributed by atoms with E-state index in [4.69, 9.17) is 9.72 Å². The van der Waals surface area contributed by atoms with Crippen LogP contribution in [0.3, 0.4) is 0 Å². The van der Waals surface area contributed by atoms with E-state index in [1.807, 2.05) is 12.1 Å². The van der Waals surface area contributed by atoms with Gasteiger partial charge in [-0.1, -0.05) is 12.1 Å². The molecule has 3 heterocycles. The maximum Gasteiger partial charge on any atom is 0.161 e. The van der Waals surface area contributed by atoms with Crippen molar-refractivity contribution in [2.75, 3.05) is 6.61 Å². The topological polar surface area (TPSA) is 52.8 Å². The molecule has 2 aromatic heterocycles. The highest BCUT2D eigenvalue weighted by Crippen LogP contribution is 2.27. The van der Waals surface area contributed by atoms with Gasteiger partial charge in [0.1, 0.15) is 5.69 Å². The zero-order valence-electron chi connectivity index (χ0n) is 11.9. The molecule has 1 saturated heterocycles. The Bertz CT molecular complexity index is 778. The van der Waals surface area contributed by atoms with Gasteiger partial charge in [0.25, 0.3) is 0 Å². The second-order valence-electron chi connectivity index (χ2n) is 5.38. The van der Waals surface area contributed by atoms with E-state index in [2.05, 4.69) is 39.9 Å². The van der Waals surface area contributed by atoms with Crippen molar-refractivity contribution in [2.24, 2.45) is 0 Å². The maximum absolute atomic E-state index is 5.59. The summed E-state index contributed by atoms with van der Waals surface area (Å²) in [5.74, 6) is 0.864. The summed E-state index contributed by atoms with van der Waals surface area (Å²) in [7, 11) is 0. The van der Waals surface area contributed by atoms with Gasteiger partial charge < -0.3 is 9.30 Å². The molecule has 0 amide bonds. The summed E-state index contributed by atoms with van der Waals surface area (Å²) < 4.78 is 7.79. The van der Waals surface area contributed by atoms with E-state index < -0.39 is 0 Å². The van der Waals surface area contributed by atoms with Crippen LogP contribution in [0.15, 0.2) is 36.5 Å². The van der Waals surface area contributed by atoms with E-state index in [0.29, 0.717) is 0 Å². The highest BCUT2D eigenvalue weighted by Gasteiger charge is 2.23. The van der Waals surface area contributed by atoms with Gasteiger partial charge in [0.2, 0.25) is 0 Å². The van der Waals surface area contributed by atoms with Crippen LogP contribution in [-0.4, -0.2) is 32.5 Å². The lowest BCUT2D eigenvalue weighted by atomic mass is 10.1. The number of imidazole rings is 1. The van der Waals surface area contributed by atoms with Crippen LogP contribution in [0.1, 0.15) is 12.0 Å². The molecule has 0 saturated carbocycles. The highest BCUT2D eigenvalue weighted by atomic mass is 16.5. The molecule has 21 heavy (non-hydrogen) atoms. The minimum absolute atomic E-state index is 0.276. The first-order chi connectivity index (χ1) is 10.3. The highest BCUT2D eigenvalue weighted by molar-refractivity contribution is 5.82. The summed E-state index contributed by atoms with van der Waals surface area (Å²) in [5.41, 5.74) is 4.13. The quantitative estimate of drug-likeness (QED) is 0.740. The first kappa shape index (κ1) is 12.5. The molecule has 1 fully saturated rings. The fourth-order valence-corrected chi connectivity index (χ4v) is 2.72. The van der Waals surface area contributed by atoms with E-state index in [9.17, 15) is 0 Å². The van der Waals surface area contributed by atoms with Crippen molar-refractivity contribution in [1.29, 1.82) is 0 Å². The number of hydrogen-bond acceptors (Lipinski definition) is 4. The fourth-order valence-electron chi connectivity index (χ4n) is 2.72. The van der Waals surface area contributed by atoms with Gasteiger partial charge >= 0.3 is 0 Å². The Morgan fingerprint density at radius 2 is 2.19 bits per heavy atom. The average molecular weight is 280 g/mol. The molecule has 5 heteroatoms. The third kappa shape index (κ3) is 2.10. The molecule has 3 aromatic rings. The number of para-hydroxylation sites is 1. The largest absolute Gasteiger partial charge is 0.376 e. The van der Waals surface area contributed by atoms with E-state index in [0.717, 1.165) is 42.1 Å². The molecule has 4 rings (SSSR count). The molecule has 1 aliphatic rings. The second kappa shape index (κ2) is 4.93. The Morgan fingerprint density at radius 3 is 2.90 bits per heavy atom. The number of hydrogen-bond donors (Lipinski definition) is 0. The van der Waals surface area contributed by atoms with Crippen LogP contribution >= 0.6 is 0 Å². The van der Waals surface area contributed by atoms with Crippen LogP contribution in [0.4, 0.5) is 0 Å². The first-order valence-corrected chi connectivity index (χ1v) is 7.18. The van der Waals surface area contributed by atoms with Crippen molar-refractivity contribution >= 4 is 11.0 Å².